The molecule has 0 fully saturated rings. The Bertz CT molecular complexity index is 682. The van der Waals surface area contributed by atoms with Crippen LogP contribution in [-0.2, 0) is 0 Å². The van der Waals surface area contributed by atoms with Crippen LogP contribution in [0.25, 0.3) is 0 Å². The van der Waals surface area contributed by atoms with Crippen LogP contribution in [-0.4, -0.2) is 24.1 Å². The van der Waals surface area contributed by atoms with E-state index in [1.165, 1.54) is 0 Å². The number of carbonyl (C=O) groups excluding carboxylic acids is 1. The standard InChI is InChI=1S/C17H18N2O2/c1-12-13(6-4-9-16(12)20)17(21)19-11-5-10-18-14-7-2-3-8-15(14)19/h2-4,6-9,18,20H,5,10-11H2,1H3. The third-order valence-electron chi connectivity index (χ3n) is 3.85. The molecule has 1 amide bonds. The highest BCUT2D eigenvalue weighted by atomic mass is 16.3. The van der Waals surface area contributed by atoms with Gasteiger partial charge in [0.2, 0.25) is 0 Å². The molecule has 0 atom stereocenters. The molecule has 0 radical (unpaired) electrons. The molecule has 4 heteroatoms. The molecule has 2 aromatic carbocycles. The van der Waals surface area contributed by atoms with E-state index >= 15 is 0 Å². The van der Waals surface area contributed by atoms with E-state index in [0.29, 0.717) is 17.7 Å². The van der Waals surface area contributed by atoms with Crippen molar-refractivity contribution in [1.29, 1.82) is 0 Å². The van der Waals surface area contributed by atoms with Crippen LogP contribution in [0.2, 0.25) is 0 Å². The van der Waals surface area contributed by atoms with Crippen LogP contribution < -0.4 is 10.2 Å². The van der Waals surface area contributed by atoms with E-state index in [0.717, 1.165) is 24.3 Å². The summed E-state index contributed by atoms with van der Waals surface area (Å²) in [6.07, 6.45) is 0.887. The summed E-state index contributed by atoms with van der Waals surface area (Å²) < 4.78 is 0. The van der Waals surface area contributed by atoms with Crippen LogP contribution in [0.5, 0.6) is 5.75 Å². The molecule has 21 heavy (non-hydrogen) atoms. The summed E-state index contributed by atoms with van der Waals surface area (Å²) in [4.78, 5) is 14.7. The quantitative estimate of drug-likeness (QED) is 0.844. The van der Waals surface area contributed by atoms with E-state index in [2.05, 4.69) is 5.32 Å². The molecule has 0 spiro atoms. The summed E-state index contributed by atoms with van der Waals surface area (Å²) in [5.41, 5.74) is 3.03. The van der Waals surface area contributed by atoms with Crippen molar-refractivity contribution in [2.75, 3.05) is 23.3 Å². The van der Waals surface area contributed by atoms with Gasteiger partial charge in [0, 0.05) is 24.2 Å². The molecule has 1 aliphatic rings. The Labute approximate surface area is 124 Å². The molecule has 0 aromatic heterocycles. The van der Waals surface area contributed by atoms with E-state index in [1.54, 1.807) is 30.0 Å². The fourth-order valence-corrected chi connectivity index (χ4v) is 2.65. The molecule has 0 saturated heterocycles. The summed E-state index contributed by atoms with van der Waals surface area (Å²) in [6.45, 7) is 3.28. The molecule has 2 aromatic rings. The van der Waals surface area contributed by atoms with Gasteiger partial charge in [-0.05, 0) is 37.6 Å². The van der Waals surface area contributed by atoms with Crippen molar-refractivity contribution in [3.63, 3.8) is 0 Å². The van der Waals surface area contributed by atoms with Gasteiger partial charge in [-0.3, -0.25) is 4.79 Å². The number of phenolic OH excluding ortho intramolecular Hbond substituents is 1. The molecule has 108 valence electrons. The van der Waals surface area contributed by atoms with Gasteiger partial charge < -0.3 is 15.3 Å². The first-order valence-corrected chi connectivity index (χ1v) is 7.12. The lowest BCUT2D eigenvalue weighted by molar-refractivity contribution is 0.0986. The highest BCUT2D eigenvalue weighted by Crippen LogP contribution is 2.30. The van der Waals surface area contributed by atoms with Crippen LogP contribution in [0.1, 0.15) is 22.3 Å². The van der Waals surface area contributed by atoms with Crippen LogP contribution >= 0.6 is 0 Å². The number of hydrogen-bond acceptors (Lipinski definition) is 3. The summed E-state index contributed by atoms with van der Waals surface area (Å²) in [5.74, 6) is 0.0848. The first-order valence-electron chi connectivity index (χ1n) is 7.12. The van der Waals surface area contributed by atoms with Crippen molar-refractivity contribution >= 4 is 17.3 Å². The monoisotopic (exact) mass is 282 g/mol. The number of amides is 1. The normalized spacial score (nSPS) is 14.0. The van der Waals surface area contributed by atoms with Crippen molar-refractivity contribution in [2.24, 2.45) is 0 Å². The Morgan fingerprint density at radius 2 is 2.00 bits per heavy atom. The van der Waals surface area contributed by atoms with E-state index in [1.807, 2.05) is 24.3 Å². The minimum absolute atomic E-state index is 0.0699. The van der Waals surface area contributed by atoms with Crippen LogP contribution in [0, 0.1) is 6.92 Å². The van der Waals surface area contributed by atoms with E-state index in [9.17, 15) is 9.90 Å². The van der Waals surface area contributed by atoms with Gasteiger partial charge in [-0.25, -0.2) is 0 Å². The second-order valence-electron chi connectivity index (χ2n) is 5.20. The topological polar surface area (TPSA) is 52.6 Å². The lowest BCUT2D eigenvalue weighted by Gasteiger charge is -2.23. The number of nitrogens with zero attached hydrogens (tertiary/aromatic N) is 1. The number of para-hydroxylation sites is 2. The van der Waals surface area contributed by atoms with Gasteiger partial charge in [0.1, 0.15) is 5.75 Å². The smallest absolute Gasteiger partial charge is 0.258 e. The van der Waals surface area contributed by atoms with Gasteiger partial charge in [-0.15, -0.1) is 0 Å². The Morgan fingerprint density at radius 1 is 1.19 bits per heavy atom. The summed E-state index contributed by atoms with van der Waals surface area (Å²) in [6, 6.07) is 12.9. The molecular weight excluding hydrogens is 264 g/mol. The first kappa shape index (κ1) is 13.5. The average molecular weight is 282 g/mol. The number of phenols is 1. The van der Waals surface area contributed by atoms with Crippen LogP contribution in [0.4, 0.5) is 11.4 Å². The summed E-state index contributed by atoms with van der Waals surface area (Å²) in [7, 11) is 0. The van der Waals surface area contributed by atoms with Gasteiger partial charge in [-0.1, -0.05) is 18.2 Å². The molecular formula is C17H18N2O2. The summed E-state index contributed by atoms with van der Waals surface area (Å²) in [5, 5.41) is 13.2. The number of rotatable bonds is 1. The van der Waals surface area contributed by atoms with Gasteiger partial charge in [-0.2, -0.15) is 0 Å². The second-order valence-corrected chi connectivity index (χ2v) is 5.20. The van der Waals surface area contributed by atoms with Crippen molar-refractivity contribution in [1.82, 2.24) is 0 Å². The number of benzene rings is 2. The van der Waals surface area contributed by atoms with Crippen molar-refractivity contribution < 1.29 is 9.90 Å². The average Bonchev–Trinajstić information content (AvgIpc) is 2.72. The molecule has 3 rings (SSSR count). The fraction of sp³-hybridized carbons (Fsp3) is 0.235. The van der Waals surface area contributed by atoms with Crippen LogP contribution in [0.15, 0.2) is 42.5 Å². The number of carbonyl (C=O) groups is 1. The number of hydrogen-bond donors (Lipinski definition) is 2. The summed E-state index contributed by atoms with van der Waals surface area (Å²) >= 11 is 0. The largest absolute Gasteiger partial charge is 0.508 e. The minimum Gasteiger partial charge on any atom is -0.508 e. The molecule has 2 N–H and O–H groups in total. The van der Waals surface area contributed by atoms with Crippen molar-refractivity contribution in [2.45, 2.75) is 13.3 Å². The van der Waals surface area contributed by atoms with E-state index in [4.69, 9.17) is 0 Å². The highest BCUT2D eigenvalue weighted by molar-refractivity contribution is 6.09. The Balaban J connectivity index is 2.03. The third kappa shape index (κ3) is 2.44. The maximum absolute atomic E-state index is 12.9. The number of nitrogens with one attached hydrogen (secondary N) is 1. The molecule has 0 aliphatic carbocycles. The Hall–Kier alpha value is -2.49. The highest BCUT2D eigenvalue weighted by Gasteiger charge is 2.23. The van der Waals surface area contributed by atoms with Crippen LogP contribution in [0.3, 0.4) is 0 Å². The zero-order valence-electron chi connectivity index (χ0n) is 12.0. The SMILES string of the molecule is Cc1c(O)cccc1C(=O)N1CCCNc2ccccc21. The van der Waals surface area contributed by atoms with Crippen molar-refractivity contribution in [3.05, 3.63) is 53.6 Å². The fourth-order valence-electron chi connectivity index (χ4n) is 2.65. The van der Waals surface area contributed by atoms with Gasteiger partial charge in [0.25, 0.3) is 5.91 Å². The Morgan fingerprint density at radius 3 is 2.86 bits per heavy atom. The Kier molecular flexibility index (Phi) is 3.52. The predicted molar refractivity (Wildman–Crippen MR) is 84.1 cm³/mol. The lowest BCUT2D eigenvalue weighted by atomic mass is 10.1. The second kappa shape index (κ2) is 5.48. The molecule has 0 saturated carbocycles. The minimum atomic E-state index is -0.0699. The third-order valence-corrected chi connectivity index (χ3v) is 3.85. The number of fused-ring (bicyclic) bond motifs is 1. The molecule has 1 aliphatic heterocycles. The van der Waals surface area contributed by atoms with Crippen molar-refractivity contribution in [3.8, 4) is 5.75 Å². The molecule has 1 heterocycles. The zero-order chi connectivity index (χ0) is 14.8. The lowest BCUT2D eigenvalue weighted by Crippen LogP contribution is -2.32. The first-order chi connectivity index (χ1) is 10.2. The van der Waals surface area contributed by atoms with E-state index < -0.39 is 0 Å². The molecule has 4 nitrogen and oxygen atoms in total. The van der Waals surface area contributed by atoms with Gasteiger partial charge >= 0.3 is 0 Å². The van der Waals surface area contributed by atoms with Gasteiger partial charge in [0.15, 0.2) is 0 Å². The number of anilines is 2. The molecule has 0 unspecified atom stereocenters. The maximum atomic E-state index is 12.9. The maximum Gasteiger partial charge on any atom is 0.258 e. The number of aromatic hydroxyl groups is 1. The zero-order valence-corrected chi connectivity index (χ0v) is 12.0. The predicted octanol–water partition coefficient (Wildman–Crippen LogP) is 3.16. The van der Waals surface area contributed by atoms with E-state index in [-0.39, 0.29) is 11.7 Å². The van der Waals surface area contributed by atoms with Gasteiger partial charge in [0.05, 0.1) is 11.4 Å². The molecule has 0 bridgehead atoms.